The third-order valence-corrected chi connectivity index (χ3v) is 3.57. The molecule has 1 atom stereocenters. The summed E-state index contributed by atoms with van der Waals surface area (Å²) in [5.74, 6) is 0.274. The van der Waals surface area contributed by atoms with E-state index in [-0.39, 0.29) is 36.1 Å². The lowest BCUT2D eigenvalue weighted by atomic mass is 10.1. The highest BCUT2D eigenvalue weighted by Gasteiger charge is 2.19. The molecule has 0 spiro atoms. The zero-order chi connectivity index (χ0) is 15.2. The van der Waals surface area contributed by atoms with Crippen LogP contribution in [0.1, 0.15) is 12.0 Å². The van der Waals surface area contributed by atoms with Crippen LogP contribution in [0.3, 0.4) is 0 Å². The zero-order valence-corrected chi connectivity index (χ0v) is 15.1. The Balaban J connectivity index is 0.00000242. The van der Waals surface area contributed by atoms with Crippen molar-refractivity contribution in [3.8, 4) is 0 Å². The summed E-state index contributed by atoms with van der Waals surface area (Å²) in [7, 11) is 3.60. The quantitative estimate of drug-likeness (QED) is 0.458. The number of rotatable bonds is 4. The van der Waals surface area contributed by atoms with Crippen LogP contribution in [0.5, 0.6) is 0 Å². The first-order chi connectivity index (χ1) is 10.1. The number of nitrogens with zero attached hydrogens (tertiary/aromatic N) is 2. The van der Waals surface area contributed by atoms with Gasteiger partial charge in [0.15, 0.2) is 5.96 Å². The van der Waals surface area contributed by atoms with Crippen molar-refractivity contribution < 1.29 is 13.5 Å². The maximum absolute atomic E-state index is 13.6. The van der Waals surface area contributed by atoms with Crippen molar-refractivity contribution in [1.29, 1.82) is 0 Å². The van der Waals surface area contributed by atoms with E-state index in [4.69, 9.17) is 4.74 Å². The van der Waals surface area contributed by atoms with E-state index >= 15 is 0 Å². The lowest BCUT2D eigenvalue weighted by Crippen LogP contribution is -2.41. The summed E-state index contributed by atoms with van der Waals surface area (Å²) in [6.45, 7) is 2.59. The summed E-state index contributed by atoms with van der Waals surface area (Å²) in [5, 5.41) is 3.06. The van der Waals surface area contributed by atoms with E-state index < -0.39 is 11.6 Å². The Hall–Kier alpha value is -0.960. The van der Waals surface area contributed by atoms with Gasteiger partial charge in [-0.25, -0.2) is 8.78 Å². The third-order valence-electron chi connectivity index (χ3n) is 3.57. The van der Waals surface area contributed by atoms with Crippen LogP contribution in [0, 0.1) is 17.6 Å². The summed E-state index contributed by atoms with van der Waals surface area (Å²) >= 11 is 0. The van der Waals surface area contributed by atoms with E-state index in [0.717, 1.165) is 38.3 Å². The molecule has 0 aromatic heterocycles. The molecule has 1 saturated heterocycles. The van der Waals surface area contributed by atoms with Crippen molar-refractivity contribution in [2.75, 3.05) is 33.9 Å². The summed E-state index contributed by atoms with van der Waals surface area (Å²) in [6.07, 6.45) is 1.04. The Morgan fingerprint density at radius 2 is 2.23 bits per heavy atom. The number of nitrogens with one attached hydrogen (secondary N) is 1. The Bertz CT molecular complexity index is 508. The highest BCUT2D eigenvalue weighted by molar-refractivity contribution is 14.0. The van der Waals surface area contributed by atoms with Crippen molar-refractivity contribution in [3.63, 3.8) is 0 Å². The highest BCUT2D eigenvalue weighted by Crippen LogP contribution is 2.13. The Kier molecular flexibility index (Phi) is 8.02. The van der Waals surface area contributed by atoms with Gasteiger partial charge in [-0.2, -0.15) is 0 Å². The topological polar surface area (TPSA) is 36.9 Å². The molecule has 0 bridgehead atoms. The molecule has 1 heterocycles. The van der Waals surface area contributed by atoms with Crippen molar-refractivity contribution in [2.24, 2.45) is 10.9 Å². The van der Waals surface area contributed by atoms with Crippen molar-refractivity contribution in [2.45, 2.75) is 13.0 Å². The summed E-state index contributed by atoms with van der Waals surface area (Å²) in [6, 6.07) is 3.44. The van der Waals surface area contributed by atoms with Gasteiger partial charge in [0.2, 0.25) is 0 Å². The second-order valence-corrected chi connectivity index (χ2v) is 5.25. The van der Waals surface area contributed by atoms with Crippen LogP contribution >= 0.6 is 24.0 Å². The van der Waals surface area contributed by atoms with E-state index in [9.17, 15) is 8.78 Å². The van der Waals surface area contributed by atoms with Gasteiger partial charge in [-0.1, -0.05) is 0 Å². The van der Waals surface area contributed by atoms with Gasteiger partial charge in [-0.15, -0.1) is 24.0 Å². The molecule has 1 unspecified atom stereocenters. The monoisotopic (exact) mass is 425 g/mol. The second kappa shape index (κ2) is 9.24. The van der Waals surface area contributed by atoms with Crippen LogP contribution in [0.4, 0.5) is 8.78 Å². The molecular weight excluding hydrogens is 403 g/mol. The number of ether oxygens (including phenoxy) is 1. The molecule has 1 fully saturated rings. The molecule has 1 aromatic carbocycles. The normalized spacial score (nSPS) is 18.0. The van der Waals surface area contributed by atoms with Gasteiger partial charge in [-0.05, 0) is 24.6 Å². The average Bonchev–Trinajstić information content (AvgIpc) is 2.96. The molecule has 0 radical (unpaired) electrons. The van der Waals surface area contributed by atoms with Crippen molar-refractivity contribution >= 4 is 29.9 Å². The van der Waals surface area contributed by atoms with Gasteiger partial charge in [0.1, 0.15) is 11.6 Å². The number of guanidine groups is 1. The Labute approximate surface area is 147 Å². The fraction of sp³-hybridized carbons (Fsp3) is 0.533. The second-order valence-electron chi connectivity index (χ2n) is 5.25. The largest absolute Gasteiger partial charge is 0.381 e. The standard InChI is InChI=1S/C15H21F2N3O.HI/c1-18-15(20(2)9-11-5-6-21-10-11)19-8-12-7-13(16)3-4-14(12)17;/h3-4,7,11H,5-6,8-10H2,1-2H3,(H,18,19);1H. The fourth-order valence-electron chi connectivity index (χ4n) is 2.44. The molecular formula is C15H22F2IN3O. The fourth-order valence-corrected chi connectivity index (χ4v) is 2.44. The van der Waals surface area contributed by atoms with Crippen LogP contribution in [-0.2, 0) is 11.3 Å². The molecule has 1 aromatic rings. The van der Waals surface area contributed by atoms with Gasteiger partial charge in [0.05, 0.1) is 6.61 Å². The molecule has 0 aliphatic carbocycles. The Morgan fingerprint density at radius 1 is 1.45 bits per heavy atom. The van der Waals surface area contributed by atoms with E-state index in [1.165, 1.54) is 6.07 Å². The molecule has 22 heavy (non-hydrogen) atoms. The first-order valence-corrected chi connectivity index (χ1v) is 7.03. The van der Waals surface area contributed by atoms with E-state index in [0.29, 0.717) is 11.9 Å². The van der Waals surface area contributed by atoms with Crippen molar-refractivity contribution in [3.05, 3.63) is 35.4 Å². The maximum Gasteiger partial charge on any atom is 0.193 e. The molecule has 0 amide bonds. The Morgan fingerprint density at radius 3 is 2.86 bits per heavy atom. The first kappa shape index (κ1) is 19.1. The van der Waals surface area contributed by atoms with Gasteiger partial charge in [0, 0.05) is 45.3 Å². The molecule has 4 nitrogen and oxygen atoms in total. The molecule has 124 valence electrons. The van der Waals surface area contributed by atoms with Crippen LogP contribution < -0.4 is 5.32 Å². The van der Waals surface area contributed by atoms with E-state index in [1.54, 1.807) is 7.05 Å². The van der Waals surface area contributed by atoms with Crippen LogP contribution in [0.2, 0.25) is 0 Å². The van der Waals surface area contributed by atoms with E-state index in [1.807, 2.05) is 11.9 Å². The van der Waals surface area contributed by atoms with Gasteiger partial charge >= 0.3 is 0 Å². The number of hydrogen-bond acceptors (Lipinski definition) is 2. The molecule has 0 saturated carbocycles. The highest BCUT2D eigenvalue weighted by atomic mass is 127. The minimum Gasteiger partial charge on any atom is -0.381 e. The predicted molar refractivity (Wildman–Crippen MR) is 93.5 cm³/mol. The van der Waals surface area contributed by atoms with Gasteiger partial charge in [0.25, 0.3) is 0 Å². The molecule has 1 aliphatic rings. The summed E-state index contributed by atoms with van der Waals surface area (Å²) in [4.78, 5) is 6.15. The van der Waals surface area contributed by atoms with Gasteiger partial charge in [-0.3, -0.25) is 4.99 Å². The smallest absolute Gasteiger partial charge is 0.193 e. The summed E-state index contributed by atoms with van der Waals surface area (Å²) < 4.78 is 32.1. The number of halogens is 3. The van der Waals surface area contributed by atoms with Crippen LogP contribution in [0.15, 0.2) is 23.2 Å². The number of benzene rings is 1. The minimum absolute atomic E-state index is 0. The van der Waals surface area contributed by atoms with E-state index in [2.05, 4.69) is 10.3 Å². The number of hydrogen-bond donors (Lipinski definition) is 1. The molecule has 1 aliphatic heterocycles. The molecule has 2 rings (SSSR count). The van der Waals surface area contributed by atoms with Gasteiger partial charge < -0.3 is 15.0 Å². The van der Waals surface area contributed by atoms with Crippen molar-refractivity contribution in [1.82, 2.24) is 10.2 Å². The maximum atomic E-state index is 13.6. The number of aliphatic imine (C=N–C) groups is 1. The first-order valence-electron chi connectivity index (χ1n) is 7.03. The minimum atomic E-state index is -0.445. The lowest BCUT2D eigenvalue weighted by Gasteiger charge is -2.24. The third kappa shape index (κ3) is 5.35. The summed E-state index contributed by atoms with van der Waals surface area (Å²) in [5.41, 5.74) is 0.286. The predicted octanol–water partition coefficient (Wildman–Crippen LogP) is 2.63. The molecule has 1 N–H and O–H groups in total. The lowest BCUT2D eigenvalue weighted by molar-refractivity contribution is 0.181. The average molecular weight is 425 g/mol. The van der Waals surface area contributed by atoms with Crippen LogP contribution in [-0.4, -0.2) is 44.7 Å². The molecule has 7 heteroatoms. The SMILES string of the molecule is CN=C(NCc1cc(F)ccc1F)N(C)CC1CCOC1.I. The zero-order valence-electron chi connectivity index (χ0n) is 12.8. The van der Waals surface area contributed by atoms with Crippen LogP contribution in [0.25, 0.3) is 0 Å².